The highest BCUT2D eigenvalue weighted by Crippen LogP contribution is 2.38. The second-order valence-corrected chi connectivity index (χ2v) is 7.69. The number of aromatic amines is 1. The lowest BCUT2D eigenvalue weighted by molar-refractivity contribution is 0.535. The fourth-order valence-corrected chi connectivity index (χ4v) is 4.55. The summed E-state index contributed by atoms with van der Waals surface area (Å²) in [6.45, 7) is 3.23. The summed E-state index contributed by atoms with van der Waals surface area (Å²) in [4.78, 5) is 4.38. The van der Waals surface area contributed by atoms with Gasteiger partial charge >= 0.3 is 0 Å². The highest BCUT2D eigenvalue weighted by molar-refractivity contribution is 7.12. The van der Waals surface area contributed by atoms with Crippen molar-refractivity contribution in [3.05, 3.63) is 52.3 Å². The van der Waals surface area contributed by atoms with Crippen molar-refractivity contribution in [1.29, 1.82) is 5.41 Å². The molecule has 0 aliphatic heterocycles. The number of anilines is 1. The number of hydrogen-bond donors (Lipinski definition) is 4. The number of H-pyrrole nitrogens is 1. The van der Waals surface area contributed by atoms with Crippen LogP contribution >= 0.6 is 11.3 Å². The lowest BCUT2D eigenvalue weighted by Crippen LogP contribution is -2.25. The minimum atomic E-state index is 0.458. The van der Waals surface area contributed by atoms with Gasteiger partial charge in [-0.2, -0.15) is 0 Å². The number of fused-ring (bicyclic) bond motifs is 1. The zero-order valence-corrected chi connectivity index (χ0v) is 15.2. The Morgan fingerprint density at radius 2 is 2.24 bits per heavy atom. The second kappa shape index (κ2) is 7.02. The average Bonchev–Trinajstić information content (AvgIpc) is 3.35. The van der Waals surface area contributed by atoms with Crippen molar-refractivity contribution in [3.63, 3.8) is 0 Å². The standard InChI is InChI=1S/C20H24N4S/c1-2-22-14-6-5-13(10-14)17-12-23-18-8-7-15(11-16(17)18)24-20(21)19-4-3-9-25-19/h3-4,7-9,11-14,22-23H,2,5-6,10H2,1H3,(H2,21,24). The third-order valence-corrected chi connectivity index (χ3v) is 6.00. The fourth-order valence-electron chi connectivity index (χ4n) is 3.92. The van der Waals surface area contributed by atoms with Gasteiger partial charge < -0.3 is 15.6 Å². The van der Waals surface area contributed by atoms with Crippen LogP contribution in [0.2, 0.25) is 0 Å². The van der Waals surface area contributed by atoms with E-state index in [-0.39, 0.29) is 0 Å². The molecule has 3 aromatic rings. The molecule has 0 bridgehead atoms. The number of thiophene rings is 1. The summed E-state index contributed by atoms with van der Waals surface area (Å²) in [7, 11) is 0. The van der Waals surface area contributed by atoms with Gasteiger partial charge in [0.05, 0.1) is 4.88 Å². The molecule has 1 aromatic carbocycles. The van der Waals surface area contributed by atoms with Gasteiger partial charge in [-0.1, -0.05) is 13.0 Å². The van der Waals surface area contributed by atoms with E-state index in [1.807, 2.05) is 23.6 Å². The molecule has 1 saturated carbocycles. The van der Waals surface area contributed by atoms with Crippen LogP contribution in [0.4, 0.5) is 5.69 Å². The Morgan fingerprint density at radius 3 is 3.04 bits per heavy atom. The Kier molecular flexibility index (Phi) is 4.59. The van der Waals surface area contributed by atoms with Crippen LogP contribution in [0.1, 0.15) is 42.5 Å². The number of rotatable bonds is 5. The summed E-state index contributed by atoms with van der Waals surface area (Å²) in [6.07, 6.45) is 5.89. The average molecular weight is 353 g/mol. The van der Waals surface area contributed by atoms with Gasteiger partial charge in [0.2, 0.25) is 0 Å². The van der Waals surface area contributed by atoms with Crippen molar-refractivity contribution >= 4 is 33.8 Å². The van der Waals surface area contributed by atoms with Crippen molar-refractivity contribution in [2.45, 2.75) is 38.1 Å². The highest BCUT2D eigenvalue weighted by Gasteiger charge is 2.27. The Labute approximate surface area is 152 Å². The predicted molar refractivity (Wildman–Crippen MR) is 107 cm³/mol. The van der Waals surface area contributed by atoms with E-state index in [1.165, 1.54) is 35.7 Å². The van der Waals surface area contributed by atoms with Crippen molar-refractivity contribution < 1.29 is 0 Å². The molecular weight excluding hydrogens is 328 g/mol. The number of hydrogen-bond acceptors (Lipinski definition) is 3. The topological polar surface area (TPSA) is 63.7 Å². The largest absolute Gasteiger partial charge is 0.361 e. The van der Waals surface area contributed by atoms with Crippen LogP contribution in [0.5, 0.6) is 0 Å². The first-order valence-electron chi connectivity index (χ1n) is 8.98. The molecule has 25 heavy (non-hydrogen) atoms. The summed E-state index contributed by atoms with van der Waals surface area (Å²) in [6, 6.07) is 10.9. The molecule has 4 nitrogen and oxygen atoms in total. The maximum absolute atomic E-state index is 8.23. The maximum atomic E-state index is 8.23. The number of nitrogens with one attached hydrogen (secondary N) is 4. The third kappa shape index (κ3) is 3.34. The highest BCUT2D eigenvalue weighted by atomic mass is 32.1. The molecule has 1 aliphatic carbocycles. The molecule has 1 aliphatic rings. The maximum Gasteiger partial charge on any atom is 0.140 e. The summed E-state index contributed by atoms with van der Waals surface area (Å²) in [5, 5.41) is 18.3. The molecular formula is C20H24N4S. The van der Waals surface area contributed by atoms with E-state index in [1.54, 1.807) is 11.3 Å². The molecule has 0 spiro atoms. The molecule has 4 N–H and O–H groups in total. The van der Waals surface area contributed by atoms with Gasteiger partial charge in [0.25, 0.3) is 0 Å². The van der Waals surface area contributed by atoms with Crippen LogP contribution < -0.4 is 10.6 Å². The molecule has 4 rings (SSSR count). The second-order valence-electron chi connectivity index (χ2n) is 6.75. The first kappa shape index (κ1) is 16.4. The van der Waals surface area contributed by atoms with Crippen molar-refractivity contribution in [2.75, 3.05) is 11.9 Å². The lowest BCUT2D eigenvalue weighted by atomic mass is 9.96. The monoisotopic (exact) mass is 352 g/mol. The van der Waals surface area contributed by atoms with E-state index in [0.717, 1.165) is 17.1 Å². The van der Waals surface area contributed by atoms with Gasteiger partial charge in [0.15, 0.2) is 0 Å². The molecule has 2 unspecified atom stereocenters. The Balaban J connectivity index is 1.57. The summed E-state index contributed by atoms with van der Waals surface area (Å²) in [5.74, 6) is 1.07. The SMILES string of the molecule is CCNC1CCC(c2c[nH]c3ccc(NC(=N)c4cccs4)cc23)C1. The predicted octanol–water partition coefficient (Wildman–Crippen LogP) is 4.91. The molecule has 2 atom stereocenters. The number of aromatic nitrogens is 1. The first-order chi connectivity index (χ1) is 12.2. The quantitative estimate of drug-likeness (QED) is 0.389. The Hall–Kier alpha value is -2.11. The van der Waals surface area contributed by atoms with E-state index in [9.17, 15) is 0 Å². The van der Waals surface area contributed by atoms with E-state index >= 15 is 0 Å². The Bertz CT molecular complexity index is 865. The zero-order valence-electron chi connectivity index (χ0n) is 14.4. The summed E-state index contributed by atoms with van der Waals surface area (Å²) < 4.78 is 0. The van der Waals surface area contributed by atoms with Gasteiger partial charge in [-0.25, -0.2) is 0 Å². The van der Waals surface area contributed by atoms with Gasteiger partial charge in [0, 0.05) is 28.8 Å². The Morgan fingerprint density at radius 1 is 1.32 bits per heavy atom. The number of amidine groups is 1. The van der Waals surface area contributed by atoms with Crippen molar-refractivity contribution in [1.82, 2.24) is 10.3 Å². The molecule has 130 valence electrons. The summed E-state index contributed by atoms with van der Waals surface area (Å²) in [5.41, 5.74) is 3.57. The van der Waals surface area contributed by atoms with Gasteiger partial charge in [-0.15, -0.1) is 11.3 Å². The lowest BCUT2D eigenvalue weighted by Gasteiger charge is -2.12. The first-order valence-corrected chi connectivity index (χ1v) is 9.86. The van der Waals surface area contributed by atoms with E-state index in [2.05, 4.69) is 40.9 Å². The van der Waals surface area contributed by atoms with Crippen molar-refractivity contribution in [2.24, 2.45) is 0 Å². The number of benzene rings is 1. The molecule has 1 fully saturated rings. The van der Waals surface area contributed by atoms with Crippen LogP contribution in [0, 0.1) is 5.41 Å². The van der Waals surface area contributed by atoms with Crippen LogP contribution in [-0.2, 0) is 0 Å². The minimum Gasteiger partial charge on any atom is -0.361 e. The van der Waals surface area contributed by atoms with E-state index in [4.69, 9.17) is 5.41 Å². The van der Waals surface area contributed by atoms with Crippen LogP contribution in [-0.4, -0.2) is 23.4 Å². The van der Waals surface area contributed by atoms with Crippen molar-refractivity contribution in [3.8, 4) is 0 Å². The van der Waals surface area contributed by atoms with Gasteiger partial charge in [0.1, 0.15) is 5.84 Å². The molecule has 2 heterocycles. The smallest absolute Gasteiger partial charge is 0.140 e. The van der Waals surface area contributed by atoms with Crippen LogP contribution in [0.15, 0.2) is 41.9 Å². The molecule has 0 saturated heterocycles. The fraction of sp³-hybridized carbons (Fsp3) is 0.350. The molecule has 0 radical (unpaired) electrons. The molecule has 0 amide bonds. The molecule has 5 heteroatoms. The van der Waals surface area contributed by atoms with E-state index < -0.39 is 0 Å². The molecule has 2 aromatic heterocycles. The van der Waals surface area contributed by atoms with Gasteiger partial charge in [-0.05, 0) is 66.9 Å². The zero-order chi connectivity index (χ0) is 17.2. The van der Waals surface area contributed by atoms with E-state index in [0.29, 0.717) is 17.8 Å². The normalized spacial score (nSPS) is 20.2. The van der Waals surface area contributed by atoms with Crippen LogP contribution in [0.25, 0.3) is 10.9 Å². The summed E-state index contributed by atoms with van der Waals surface area (Å²) >= 11 is 1.58. The third-order valence-electron chi connectivity index (χ3n) is 5.12. The minimum absolute atomic E-state index is 0.458. The van der Waals surface area contributed by atoms with Crippen LogP contribution in [0.3, 0.4) is 0 Å². The van der Waals surface area contributed by atoms with Gasteiger partial charge in [-0.3, -0.25) is 5.41 Å².